The smallest absolute Gasteiger partial charge is 0.293 e. The van der Waals surface area contributed by atoms with Crippen molar-refractivity contribution in [1.82, 2.24) is 4.90 Å². The Morgan fingerprint density at radius 2 is 1.80 bits per heavy atom. The van der Waals surface area contributed by atoms with Gasteiger partial charge in [-0.05, 0) is 72.6 Å². The van der Waals surface area contributed by atoms with E-state index in [-0.39, 0.29) is 30.1 Å². The largest absolute Gasteiger partial charge is 0.490 e. The van der Waals surface area contributed by atoms with Crippen molar-refractivity contribution in [2.45, 2.75) is 27.0 Å². The minimum atomic E-state index is -0.354. The van der Waals surface area contributed by atoms with Gasteiger partial charge < -0.3 is 9.47 Å². The molecule has 3 aromatic carbocycles. The third-order valence-electron chi connectivity index (χ3n) is 5.22. The van der Waals surface area contributed by atoms with Crippen LogP contribution in [-0.2, 0) is 17.9 Å². The maximum absolute atomic E-state index is 13.2. The number of carbonyl (C=O) groups excluding carboxylic acids is 2. The quantitative estimate of drug-likeness (QED) is 0.305. The number of carbonyl (C=O) groups is 2. The van der Waals surface area contributed by atoms with Crippen LogP contribution in [0, 0.1) is 12.7 Å². The summed E-state index contributed by atoms with van der Waals surface area (Å²) < 4.78 is 24.7. The molecule has 0 radical (unpaired) electrons. The first-order chi connectivity index (χ1) is 16.8. The lowest BCUT2D eigenvalue weighted by molar-refractivity contribution is -0.123. The molecule has 0 aromatic heterocycles. The summed E-state index contributed by atoms with van der Waals surface area (Å²) in [6.45, 7) is 4.56. The van der Waals surface area contributed by atoms with Gasteiger partial charge in [0.15, 0.2) is 11.5 Å². The standard InChI is InChI=1S/C27H23ClFNO4S/c1-3-33-23-13-20(12-22(28)25(23)34-16-18-7-9-21(29)10-8-18)14-24-26(31)30(27(32)35-24)15-19-6-4-5-17(2)11-19/h4-14H,3,15-16H2,1-2H3/b24-14-. The molecule has 0 unspecified atom stereocenters. The highest BCUT2D eigenvalue weighted by Gasteiger charge is 2.35. The van der Waals surface area contributed by atoms with E-state index in [1.54, 1.807) is 30.3 Å². The summed E-state index contributed by atoms with van der Waals surface area (Å²) in [7, 11) is 0. The van der Waals surface area contributed by atoms with E-state index in [1.807, 2.05) is 38.1 Å². The number of hydrogen-bond donors (Lipinski definition) is 0. The molecule has 0 bridgehead atoms. The molecule has 0 spiro atoms. The SMILES string of the molecule is CCOc1cc(/C=C2\SC(=O)N(Cc3cccc(C)c3)C2=O)cc(Cl)c1OCc1ccc(F)cc1. The van der Waals surface area contributed by atoms with E-state index in [4.69, 9.17) is 21.1 Å². The zero-order chi connectivity index (χ0) is 24.9. The van der Waals surface area contributed by atoms with Gasteiger partial charge in [-0.2, -0.15) is 0 Å². The summed E-state index contributed by atoms with van der Waals surface area (Å²) in [5, 5.41) is -0.0264. The molecule has 1 aliphatic heterocycles. The number of halogens is 2. The van der Waals surface area contributed by atoms with Gasteiger partial charge in [-0.15, -0.1) is 0 Å². The molecule has 0 N–H and O–H groups in total. The Balaban J connectivity index is 1.55. The highest BCUT2D eigenvalue weighted by molar-refractivity contribution is 8.18. The predicted molar refractivity (Wildman–Crippen MR) is 136 cm³/mol. The molecule has 3 aromatic rings. The second-order valence-electron chi connectivity index (χ2n) is 7.94. The molecular weight excluding hydrogens is 489 g/mol. The van der Waals surface area contributed by atoms with Gasteiger partial charge in [-0.1, -0.05) is 53.6 Å². The fourth-order valence-electron chi connectivity index (χ4n) is 3.59. The number of rotatable bonds is 8. The van der Waals surface area contributed by atoms with Crippen molar-refractivity contribution in [1.29, 1.82) is 0 Å². The molecule has 1 aliphatic rings. The molecule has 8 heteroatoms. The maximum Gasteiger partial charge on any atom is 0.293 e. The second-order valence-corrected chi connectivity index (χ2v) is 9.34. The van der Waals surface area contributed by atoms with E-state index < -0.39 is 0 Å². The molecule has 2 amide bonds. The molecule has 0 saturated carbocycles. The van der Waals surface area contributed by atoms with Crippen molar-refractivity contribution < 1.29 is 23.5 Å². The van der Waals surface area contributed by atoms with Crippen LogP contribution in [0.5, 0.6) is 11.5 Å². The molecule has 0 aliphatic carbocycles. The minimum Gasteiger partial charge on any atom is -0.490 e. The summed E-state index contributed by atoms with van der Waals surface area (Å²) in [4.78, 5) is 27.0. The number of hydrogen-bond acceptors (Lipinski definition) is 5. The van der Waals surface area contributed by atoms with E-state index in [2.05, 4.69) is 0 Å². The number of aryl methyl sites for hydroxylation is 1. The molecule has 180 valence electrons. The number of thioether (sulfide) groups is 1. The summed E-state index contributed by atoms with van der Waals surface area (Å²) in [5.41, 5.74) is 3.33. The number of amides is 2. The molecular formula is C27H23ClFNO4S. The Morgan fingerprint density at radius 3 is 2.51 bits per heavy atom. The zero-order valence-corrected chi connectivity index (χ0v) is 20.8. The topological polar surface area (TPSA) is 55.8 Å². The first-order valence-electron chi connectivity index (χ1n) is 11.0. The van der Waals surface area contributed by atoms with E-state index >= 15 is 0 Å². The Morgan fingerprint density at radius 1 is 1.03 bits per heavy atom. The molecule has 1 saturated heterocycles. The predicted octanol–water partition coefficient (Wildman–Crippen LogP) is 7.00. The molecule has 1 heterocycles. The van der Waals surface area contributed by atoms with Crippen molar-refractivity contribution in [2.75, 3.05) is 6.61 Å². The zero-order valence-electron chi connectivity index (χ0n) is 19.2. The summed E-state index contributed by atoms with van der Waals surface area (Å²) >= 11 is 7.39. The van der Waals surface area contributed by atoms with Gasteiger partial charge in [0.1, 0.15) is 12.4 Å². The number of nitrogens with zero attached hydrogens (tertiary/aromatic N) is 1. The fraction of sp³-hybridized carbons (Fsp3) is 0.185. The Labute approximate surface area is 212 Å². The Kier molecular flexibility index (Phi) is 7.78. The van der Waals surface area contributed by atoms with Crippen LogP contribution in [-0.4, -0.2) is 22.7 Å². The van der Waals surface area contributed by atoms with Crippen LogP contribution in [0.3, 0.4) is 0 Å². The van der Waals surface area contributed by atoms with Crippen molar-refractivity contribution in [3.05, 3.63) is 98.7 Å². The van der Waals surface area contributed by atoms with Crippen LogP contribution in [0.1, 0.15) is 29.2 Å². The lowest BCUT2D eigenvalue weighted by atomic mass is 10.1. The van der Waals surface area contributed by atoms with Gasteiger partial charge in [-0.25, -0.2) is 4.39 Å². The summed E-state index contributed by atoms with van der Waals surface area (Å²) in [6, 6.07) is 17.0. The first-order valence-corrected chi connectivity index (χ1v) is 12.2. The Hall–Kier alpha value is -3.29. The van der Waals surface area contributed by atoms with Gasteiger partial charge >= 0.3 is 0 Å². The first kappa shape index (κ1) is 24.8. The van der Waals surface area contributed by atoms with Gasteiger partial charge in [0.2, 0.25) is 0 Å². The average Bonchev–Trinajstić information content (AvgIpc) is 3.07. The van der Waals surface area contributed by atoms with Crippen LogP contribution in [0.25, 0.3) is 6.08 Å². The highest BCUT2D eigenvalue weighted by atomic mass is 35.5. The van der Waals surface area contributed by atoms with Crippen molar-refractivity contribution in [3.8, 4) is 11.5 Å². The lowest BCUT2D eigenvalue weighted by Gasteiger charge is -2.15. The third-order valence-corrected chi connectivity index (χ3v) is 6.41. The number of ether oxygens (including phenoxy) is 2. The van der Waals surface area contributed by atoms with Crippen LogP contribution in [0.15, 0.2) is 65.6 Å². The minimum absolute atomic E-state index is 0.178. The molecule has 4 rings (SSSR count). The number of benzene rings is 3. The molecule has 5 nitrogen and oxygen atoms in total. The molecule has 35 heavy (non-hydrogen) atoms. The van der Waals surface area contributed by atoms with Gasteiger partial charge in [0.05, 0.1) is 23.1 Å². The van der Waals surface area contributed by atoms with Gasteiger partial charge in [-0.3, -0.25) is 14.5 Å². The summed E-state index contributed by atoms with van der Waals surface area (Å²) in [6.07, 6.45) is 1.62. The van der Waals surface area contributed by atoms with Crippen molar-refractivity contribution in [2.24, 2.45) is 0 Å². The van der Waals surface area contributed by atoms with E-state index in [0.29, 0.717) is 33.6 Å². The van der Waals surface area contributed by atoms with Gasteiger partial charge in [0, 0.05) is 0 Å². The van der Waals surface area contributed by atoms with Crippen LogP contribution in [0.4, 0.5) is 9.18 Å². The van der Waals surface area contributed by atoms with Crippen LogP contribution >= 0.6 is 23.4 Å². The molecule has 1 fully saturated rings. The monoisotopic (exact) mass is 511 g/mol. The lowest BCUT2D eigenvalue weighted by Crippen LogP contribution is -2.27. The van der Waals surface area contributed by atoms with Crippen LogP contribution in [0.2, 0.25) is 5.02 Å². The van der Waals surface area contributed by atoms with Crippen LogP contribution < -0.4 is 9.47 Å². The second kappa shape index (κ2) is 11.0. The maximum atomic E-state index is 13.2. The average molecular weight is 512 g/mol. The number of imide groups is 1. The van der Waals surface area contributed by atoms with E-state index in [1.165, 1.54) is 17.0 Å². The Bertz CT molecular complexity index is 1290. The molecule has 0 atom stereocenters. The summed E-state index contributed by atoms with van der Waals surface area (Å²) in [5.74, 6) is 0.0801. The van der Waals surface area contributed by atoms with E-state index in [9.17, 15) is 14.0 Å². The van der Waals surface area contributed by atoms with Crippen molar-refractivity contribution in [3.63, 3.8) is 0 Å². The van der Waals surface area contributed by atoms with Gasteiger partial charge in [0.25, 0.3) is 11.1 Å². The van der Waals surface area contributed by atoms with Crippen molar-refractivity contribution >= 4 is 40.6 Å². The fourth-order valence-corrected chi connectivity index (χ4v) is 4.70. The third kappa shape index (κ3) is 6.05. The van der Waals surface area contributed by atoms with E-state index in [0.717, 1.165) is 28.5 Å². The normalized spacial score (nSPS) is 14.6. The highest BCUT2D eigenvalue weighted by Crippen LogP contribution is 2.39.